The molecule has 1 aromatic heterocycles. The van der Waals surface area contributed by atoms with Gasteiger partial charge >= 0.3 is 0 Å². The minimum atomic E-state index is 0.153. The van der Waals surface area contributed by atoms with Crippen LogP contribution < -0.4 is 5.73 Å². The standard InChI is InChI=1S/C14H23N5O/c1-17-5-2-3-11-8-18(6-4-13(11)17)14(20)10-19-9-12(15)7-16-19/h7,9,11,13H,2-6,8,10,15H2,1H3. The van der Waals surface area contributed by atoms with E-state index < -0.39 is 0 Å². The second-order valence-electron chi connectivity index (χ2n) is 6.05. The molecular weight excluding hydrogens is 254 g/mol. The monoisotopic (exact) mass is 277 g/mol. The molecule has 2 saturated heterocycles. The maximum atomic E-state index is 12.3. The molecule has 2 unspecified atom stereocenters. The predicted octanol–water partition coefficient (Wildman–Crippen LogP) is 0.408. The first kappa shape index (κ1) is 13.4. The zero-order valence-corrected chi connectivity index (χ0v) is 12.0. The number of likely N-dealkylation sites (tertiary alicyclic amines) is 2. The van der Waals surface area contributed by atoms with E-state index >= 15 is 0 Å². The van der Waals surface area contributed by atoms with Crippen molar-refractivity contribution in [3.8, 4) is 0 Å². The smallest absolute Gasteiger partial charge is 0.244 e. The average Bonchev–Trinajstić information content (AvgIpc) is 2.84. The van der Waals surface area contributed by atoms with E-state index in [-0.39, 0.29) is 5.91 Å². The van der Waals surface area contributed by atoms with Crippen molar-refractivity contribution in [2.45, 2.75) is 31.8 Å². The number of anilines is 1. The Kier molecular flexibility index (Phi) is 3.65. The molecule has 0 radical (unpaired) electrons. The van der Waals surface area contributed by atoms with Crippen LogP contribution in [0.3, 0.4) is 0 Å². The molecule has 20 heavy (non-hydrogen) atoms. The van der Waals surface area contributed by atoms with Gasteiger partial charge < -0.3 is 15.5 Å². The fraction of sp³-hybridized carbons (Fsp3) is 0.714. The Morgan fingerprint density at radius 2 is 2.30 bits per heavy atom. The van der Waals surface area contributed by atoms with Gasteiger partial charge in [-0.05, 0) is 38.8 Å². The first-order valence-corrected chi connectivity index (χ1v) is 7.39. The van der Waals surface area contributed by atoms with E-state index in [1.807, 2.05) is 4.90 Å². The molecule has 6 nitrogen and oxygen atoms in total. The highest BCUT2D eigenvalue weighted by molar-refractivity contribution is 5.76. The third-order valence-electron chi connectivity index (χ3n) is 4.65. The SMILES string of the molecule is CN1CCCC2CN(C(=O)Cn3cc(N)cn3)CCC21. The van der Waals surface area contributed by atoms with Gasteiger partial charge in [-0.25, -0.2) is 0 Å². The van der Waals surface area contributed by atoms with E-state index in [2.05, 4.69) is 17.0 Å². The lowest BCUT2D eigenvalue weighted by molar-refractivity contribution is -0.135. The minimum Gasteiger partial charge on any atom is -0.396 e. The van der Waals surface area contributed by atoms with Crippen LogP contribution in [0.5, 0.6) is 0 Å². The molecule has 2 N–H and O–H groups in total. The van der Waals surface area contributed by atoms with Crippen LogP contribution in [0.1, 0.15) is 19.3 Å². The fourth-order valence-corrected chi connectivity index (χ4v) is 3.58. The van der Waals surface area contributed by atoms with Gasteiger partial charge in [0.2, 0.25) is 5.91 Å². The van der Waals surface area contributed by atoms with Crippen LogP contribution in [-0.4, -0.2) is 58.2 Å². The molecule has 2 fully saturated rings. The summed E-state index contributed by atoms with van der Waals surface area (Å²) in [6.07, 6.45) is 6.87. The molecule has 1 amide bonds. The summed E-state index contributed by atoms with van der Waals surface area (Å²) < 4.78 is 1.62. The third-order valence-corrected chi connectivity index (χ3v) is 4.65. The maximum absolute atomic E-state index is 12.3. The van der Waals surface area contributed by atoms with Gasteiger partial charge in [-0.2, -0.15) is 5.10 Å². The van der Waals surface area contributed by atoms with E-state index in [0.717, 1.165) is 19.5 Å². The summed E-state index contributed by atoms with van der Waals surface area (Å²) in [5.41, 5.74) is 6.22. The van der Waals surface area contributed by atoms with Crippen molar-refractivity contribution < 1.29 is 4.79 Å². The van der Waals surface area contributed by atoms with Crippen molar-refractivity contribution in [1.29, 1.82) is 0 Å². The van der Waals surface area contributed by atoms with Gasteiger partial charge in [-0.3, -0.25) is 9.48 Å². The molecule has 2 aliphatic rings. The Hall–Kier alpha value is -1.56. The summed E-state index contributed by atoms with van der Waals surface area (Å²) in [6, 6.07) is 0.660. The van der Waals surface area contributed by atoms with Crippen LogP contribution in [0.25, 0.3) is 0 Å². The normalized spacial score (nSPS) is 27.4. The molecule has 3 rings (SSSR count). The number of amides is 1. The summed E-state index contributed by atoms with van der Waals surface area (Å²) in [5, 5.41) is 4.08. The number of nitrogens with zero attached hydrogens (tertiary/aromatic N) is 4. The molecule has 0 aromatic carbocycles. The lowest BCUT2D eigenvalue weighted by atomic mass is 9.84. The molecule has 1 aromatic rings. The van der Waals surface area contributed by atoms with Crippen LogP contribution in [0.4, 0.5) is 5.69 Å². The van der Waals surface area contributed by atoms with Gasteiger partial charge in [0.1, 0.15) is 6.54 Å². The van der Waals surface area contributed by atoms with E-state index in [4.69, 9.17) is 5.73 Å². The molecule has 110 valence electrons. The first-order valence-electron chi connectivity index (χ1n) is 7.39. The number of hydrogen-bond donors (Lipinski definition) is 1. The topological polar surface area (TPSA) is 67.4 Å². The Morgan fingerprint density at radius 1 is 1.45 bits per heavy atom. The minimum absolute atomic E-state index is 0.153. The van der Waals surface area contributed by atoms with Crippen molar-refractivity contribution >= 4 is 11.6 Å². The summed E-state index contributed by atoms with van der Waals surface area (Å²) >= 11 is 0. The highest BCUT2D eigenvalue weighted by Crippen LogP contribution is 2.29. The molecule has 2 atom stereocenters. The van der Waals surface area contributed by atoms with Gasteiger partial charge in [-0.1, -0.05) is 0 Å². The fourth-order valence-electron chi connectivity index (χ4n) is 3.58. The largest absolute Gasteiger partial charge is 0.396 e. The lowest BCUT2D eigenvalue weighted by Crippen LogP contribution is -2.54. The Balaban J connectivity index is 1.59. The van der Waals surface area contributed by atoms with Crippen molar-refractivity contribution in [2.24, 2.45) is 5.92 Å². The molecule has 0 bridgehead atoms. The highest BCUT2D eigenvalue weighted by Gasteiger charge is 2.35. The number of nitrogen functional groups attached to an aromatic ring is 1. The molecule has 0 spiro atoms. The second-order valence-corrected chi connectivity index (χ2v) is 6.05. The van der Waals surface area contributed by atoms with Gasteiger partial charge in [0.25, 0.3) is 0 Å². The summed E-state index contributed by atoms with van der Waals surface area (Å²) in [5.74, 6) is 0.786. The predicted molar refractivity (Wildman–Crippen MR) is 77.0 cm³/mol. The van der Waals surface area contributed by atoms with E-state index in [1.165, 1.54) is 19.4 Å². The first-order chi connectivity index (χ1) is 9.63. The number of carbonyl (C=O) groups is 1. The zero-order chi connectivity index (χ0) is 14.1. The van der Waals surface area contributed by atoms with Crippen LogP contribution in [0.15, 0.2) is 12.4 Å². The number of piperidine rings is 2. The number of rotatable bonds is 2. The van der Waals surface area contributed by atoms with Crippen molar-refractivity contribution in [1.82, 2.24) is 19.6 Å². The van der Waals surface area contributed by atoms with Crippen LogP contribution in [-0.2, 0) is 11.3 Å². The average molecular weight is 277 g/mol. The lowest BCUT2D eigenvalue weighted by Gasteiger charge is -2.45. The summed E-state index contributed by atoms with van der Waals surface area (Å²) in [4.78, 5) is 16.8. The number of carbonyl (C=O) groups excluding carboxylic acids is 1. The van der Waals surface area contributed by atoms with Gasteiger partial charge in [0, 0.05) is 25.3 Å². The molecule has 3 heterocycles. The maximum Gasteiger partial charge on any atom is 0.244 e. The molecule has 0 aliphatic carbocycles. The quantitative estimate of drug-likeness (QED) is 0.850. The van der Waals surface area contributed by atoms with E-state index in [9.17, 15) is 4.79 Å². The molecule has 2 aliphatic heterocycles. The van der Waals surface area contributed by atoms with Crippen LogP contribution in [0.2, 0.25) is 0 Å². The van der Waals surface area contributed by atoms with Gasteiger partial charge in [-0.15, -0.1) is 0 Å². The third kappa shape index (κ3) is 2.65. The number of aromatic nitrogens is 2. The van der Waals surface area contributed by atoms with Gasteiger partial charge in [0.05, 0.1) is 11.9 Å². The number of nitrogens with two attached hydrogens (primary N) is 1. The Morgan fingerprint density at radius 3 is 3.05 bits per heavy atom. The highest BCUT2D eigenvalue weighted by atomic mass is 16.2. The van der Waals surface area contributed by atoms with Crippen LogP contribution >= 0.6 is 0 Å². The molecule has 0 saturated carbocycles. The van der Waals surface area contributed by atoms with Gasteiger partial charge in [0.15, 0.2) is 0 Å². The Labute approximate surface area is 119 Å². The van der Waals surface area contributed by atoms with E-state index in [1.54, 1.807) is 17.1 Å². The van der Waals surface area contributed by atoms with Crippen molar-refractivity contribution in [3.63, 3.8) is 0 Å². The number of fused-ring (bicyclic) bond motifs is 1. The molecular formula is C14H23N5O. The zero-order valence-electron chi connectivity index (χ0n) is 12.0. The Bertz CT molecular complexity index is 486. The molecule has 6 heteroatoms. The van der Waals surface area contributed by atoms with Crippen molar-refractivity contribution in [3.05, 3.63) is 12.4 Å². The number of hydrogen-bond acceptors (Lipinski definition) is 4. The van der Waals surface area contributed by atoms with Crippen LogP contribution in [0, 0.1) is 5.92 Å². The van der Waals surface area contributed by atoms with E-state index in [0.29, 0.717) is 24.2 Å². The summed E-state index contributed by atoms with van der Waals surface area (Å²) in [7, 11) is 2.21. The second kappa shape index (κ2) is 5.44. The summed E-state index contributed by atoms with van der Waals surface area (Å²) in [6.45, 7) is 3.25. The van der Waals surface area contributed by atoms with Crippen molar-refractivity contribution in [2.75, 3.05) is 32.4 Å².